The van der Waals surface area contributed by atoms with Crippen molar-refractivity contribution < 1.29 is 19.1 Å². The second-order valence-electron chi connectivity index (χ2n) is 4.91. The van der Waals surface area contributed by atoms with Crippen LogP contribution in [0.15, 0.2) is 36.0 Å². The van der Waals surface area contributed by atoms with Crippen LogP contribution < -0.4 is 15.4 Å². The summed E-state index contributed by atoms with van der Waals surface area (Å²) in [6, 6.07) is 8.48. The molecule has 0 unspecified atom stereocenters. The first-order valence-corrected chi connectivity index (χ1v) is 8.30. The molecule has 2 rings (SSSR count). The average Bonchev–Trinajstić information content (AvgIpc) is 2.94. The minimum Gasteiger partial charge on any atom is -0.497 e. The van der Waals surface area contributed by atoms with E-state index in [1.807, 2.05) is 0 Å². The van der Waals surface area contributed by atoms with Crippen LogP contribution in [0.25, 0.3) is 0 Å². The third-order valence-corrected chi connectivity index (χ3v) is 4.14. The van der Waals surface area contributed by atoms with Gasteiger partial charge in [0.2, 0.25) is 5.91 Å². The summed E-state index contributed by atoms with van der Waals surface area (Å²) >= 11 is 0.960. The first-order valence-electron chi connectivity index (χ1n) is 7.31. The van der Waals surface area contributed by atoms with E-state index in [0.29, 0.717) is 11.4 Å². The van der Waals surface area contributed by atoms with Gasteiger partial charge in [-0.3, -0.25) is 19.3 Å². The largest absolute Gasteiger partial charge is 0.497 e. The highest BCUT2D eigenvalue weighted by Gasteiger charge is 2.28. The van der Waals surface area contributed by atoms with Crippen molar-refractivity contribution in [1.82, 2.24) is 10.2 Å². The van der Waals surface area contributed by atoms with E-state index in [2.05, 4.69) is 10.6 Å². The van der Waals surface area contributed by atoms with Crippen LogP contribution in [0.5, 0.6) is 5.75 Å². The Hall–Kier alpha value is -2.99. The Balaban J connectivity index is 1.86. The molecule has 9 heteroatoms. The van der Waals surface area contributed by atoms with E-state index in [4.69, 9.17) is 10.00 Å². The summed E-state index contributed by atoms with van der Waals surface area (Å²) < 4.78 is 5.03. The van der Waals surface area contributed by atoms with Crippen LogP contribution in [-0.4, -0.2) is 47.9 Å². The molecule has 1 aromatic carbocycles. The summed E-state index contributed by atoms with van der Waals surface area (Å²) in [4.78, 5) is 36.1. The standard InChI is InChI=1S/C16H16N4O4S/c1-24-13-4-2-12(3-5-13)19-15(22)11(8-17)9-18-6-7-20-14(21)10-25-16(20)23/h2-5,9,18H,6-7,10H2,1H3,(H,19,22)/b11-9-. The zero-order valence-electron chi connectivity index (χ0n) is 13.4. The number of nitrogens with one attached hydrogen (secondary N) is 2. The number of benzene rings is 1. The quantitative estimate of drug-likeness (QED) is 0.428. The predicted octanol–water partition coefficient (Wildman–Crippen LogP) is 1.33. The third-order valence-electron chi connectivity index (χ3n) is 3.28. The van der Waals surface area contributed by atoms with Crippen molar-refractivity contribution in [3.8, 4) is 11.8 Å². The van der Waals surface area contributed by atoms with Crippen molar-refractivity contribution in [2.75, 3.05) is 31.3 Å². The van der Waals surface area contributed by atoms with Crippen molar-refractivity contribution in [2.45, 2.75) is 0 Å². The lowest BCUT2D eigenvalue weighted by atomic mass is 10.2. The lowest BCUT2D eigenvalue weighted by Crippen LogP contribution is -2.34. The van der Waals surface area contributed by atoms with Crippen LogP contribution >= 0.6 is 11.8 Å². The normalized spacial score (nSPS) is 14.2. The smallest absolute Gasteiger partial charge is 0.288 e. The minimum absolute atomic E-state index is 0.121. The molecule has 0 atom stereocenters. The molecule has 0 radical (unpaired) electrons. The number of hydrogen-bond donors (Lipinski definition) is 2. The van der Waals surface area contributed by atoms with Gasteiger partial charge in [0.15, 0.2) is 0 Å². The summed E-state index contributed by atoms with van der Waals surface area (Å²) in [5, 5.41) is 14.2. The monoisotopic (exact) mass is 360 g/mol. The second kappa shape index (κ2) is 8.75. The predicted molar refractivity (Wildman–Crippen MR) is 92.9 cm³/mol. The molecule has 1 fully saturated rings. The molecular weight excluding hydrogens is 344 g/mol. The van der Waals surface area contributed by atoms with Gasteiger partial charge in [0.25, 0.3) is 11.1 Å². The number of methoxy groups -OCH3 is 1. The number of carbonyl (C=O) groups is 3. The summed E-state index contributed by atoms with van der Waals surface area (Å²) in [5.74, 6) is 0.00465. The van der Waals surface area contributed by atoms with E-state index in [0.717, 1.165) is 16.7 Å². The highest BCUT2D eigenvalue weighted by Crippen LogP contribution is 2.18. The van der Waals surface area contributed by atoms with Crippen LogP contribution in [0.2, 0.25) is 0 Å². The molecule has 1 aromatic rings. The Labute approximate surface area is 148 Å². The average molecular weight is 360 g/mol. The van der Waals surface area contributed by atoms with Crippen LogP contribution in [0.3, 0.4) is 0 Å². The minimum atomic E-state index is -0.566. The number of amides is 3. The number of nitriles is 1. The fraction of sp³-hybridized carbons (Fsp3) is 0.250. The van der Waals surface area contributed by atoms with Gasteiger partial charge in [-0.05, 0) is 24.3 Å². The molecule has 1 aliphatic rings. The Morgan fingerprint density at radius 3 is 2.68 bits per heavy atom. The van der Waals surface area contributed by atoms with Gasteiger partial charge in [-0.15, -0.1) is 0 Å². The number of rotatable bonds is 7. The van der Waals surface area contributed by atoms with Crippen LogP contribution in [0, 0.1) is 11.3 Å². The summed E-state index contributed by atoms with van der Waals surface area (Å²) in [6.45, 7) is 0.430. The molecule has 3 amide bonds. The Bertz CT molecular complexity index is 723. The lowest BCUT2D eigenvalue weighted by molar-refractivity contribution is -0.124. The lowest BCUT2D eigenvalue weighted by Gasteiger charge is -2.12. The molecule has 1 aliphatic heterocycles. The van der Waals surface area contributed by atoms with Crippen molar-refractivity contribution >= 4 is 34.5 Å². The fourth-order valence-corrected chi connectivity index (χ4v) is 2.72. The van der Waals surface area contributed by atoms with E-state index in [1.54, 1.807) is 30.3 Å². The van der Waals surface area contributed by atoms with Gasteiger partial charge in [0, 0.05) is 25.0 Å². The topological polar surface area (TPSA) is 112 Å². The Morgan fingerprint density at radius 1 is 1.40 bits per heavy atom. The summed E-state index contributed by atoms with van der Waals surface area (Å²) in [7, 11) is 1.54. The number of carbonyl (C=O) groups excluding carboxylic acids is 3. The highest BCUT2D eigenvalue weighted by molar-refractivity contribution is 8.14. The Kier molecular flexibility index (Phi) is 6.42. The summed E-state index contributed by atoms with van der Waals surface area (Å²) in [5.41, 5.74) is 0.404. The number of anilines is 1. The van der Waals surface area contributed by atoms with Gasteiger partial charge >= 0.3 is 0 Å². The maximum atomic E-state index is 12.1. The SMILES string of the molecule is COc1ccc(NC(=O)/C(C#N)=C\NCCN2C(=O)CSC2=O)cc1. The molecule has 1 saturated heterocycles. The van der Waals surface area contributed by atoms with E-state index < -0.39 is 5.91 Å². The molecule has 0 spiro atoms. The van der Waals surface area contributed by atoms with Gasteiger partial charge in [-0.2, -0.15) is 5.26 Å². The maximum absolute atomic E-state index is 12.1. The van der Waals surface area contributed by atoms with Crippen molar-refractivity contribution in [3.63, 3.8) is 0 Å². The van der Waals surface area contributed by atoms with Gasteiger partial charge < -0.3 is 15.4 Å². The first-order chi connectivity index (χ1) is 12.0. The van der Waals surface area contributed by atoms with E-state index in [1.165, 1.54) is 13.3 Å². The molecular formula is C16H16N4O4S. The zero-order valence-corrected chi connectivity index (χ0v) is 14.3. The Morgan fingerprint density at radius 2 is 2.12 bits per heavy atom. The highest BCUT2D eigenvalue weighted by atomic mass is 32.2. The van der Waals surface area contributed by atoms with Crippen LogP contribution in [0.4, 0.5) is 10.5 Å². The second-order valence-corrected chi connectivity index (χ2v) is 5.83. The van der Waals surface area contributed by atoms with Crippen molar-refractivity contribution in [1.29, 1.82) is 5.26 Å². The van der Waals surface area contributed by atoms with Gasteiger partial charge in [0.05, 0.1) is 12.9 Å². The molecule has 1 heterocycles. The molecule has 130 valence electrons. The zero-order chi connectivity index (χ0) is 18.2. The first kappa shape index (κ1) is 18.4. The number of hydrogen-bond acceptors (Lipinski definition) is 7. The number of ether oxygens (including phenoxy) is 1. The summed E-state index contributed by atoms with van der Waals surface area (Å²) in [6.07, 6.45) is 1.26. The van der Waals surface area contributed by atoms with Crippen molar-refractivity contribution in [3.05, 3.63) is 36.0 Å². The molecule has 8 nitrogen and oxygen atoms in total. The molecule has 25 heavy (non-hydrogen) atoms. The van der Waals surface area contributed by atoms with Crippen molar-refractivity contribution in [2.24, 2.45) is 0 Å². The molecule has 2 N–H and O–H groups in total. The third kappa shape index (κ3) is 4.99. The van der Waals surface area contributed by atoms with E-state index in [9.17, 15) is 14.4 Å². The van der Waals surface area contributed by atoms with E-state index >= 15 is 0 Å². The number of imide groups is 1. The molecule has 0 bridgehead atoms. The molecule has 0 saturated carbocycles. The van der Waals surface area contributed by atoms with E-state index in [-0.39, 0.29) is 35.6 Å². The number of nitrogens with zero attached hydrogens (tertiary/aromatic N) is 2. The molecule has 0 aliphatic carbocycles. The van der Waals surface area contributed by atoms with Gasteiger partial charge in [0.1, 0.15) is 17.4 Å². The van der Waals surface area contributed by atoms with Gasteiger partial charge in [-0.1, -0.05) is 11.8 Å². The fourth-order valence-electron chi connectivity index (χ4n) is 1.97. The van der Waals surface area contributed by atoms with Crippen LogP contribution in [0.1, 0.15) is 0 Å². The maximum Gasteiger partial charge on any atom is 0.288 e. The molecule has 0 aromatic heterocycles. The van der Waals surface area contributed by atoms with Crippen LogP contribution in [-0.2, 0) is 9.59 Å². The van der Waals surface area contributed by atoms with Gasteiger partial charge in [-0.25, -0.2) is 0 Å². The number of thioether (sulfide) groups is 1.